The molecule has 9 heavy (non-hydrogen) atoms. The molecule has 0 aromatic rings. The average Bonchev–Trinajstić information content (AvgIpc) is 1.72. The normalized spacial score (nSPS) is 16.0. The van der Waals surface area contributed by atoms with Crippen molar-refractivity contribution in [1.29, 1.82) is 0 Å². The van der Waals surface area contributed by atoms with Gasteiger partial charge in [0.1, 0.15) is 0 Å². The van der Waals surface area contributed by atoms with Crippen LogP contribution in [0.25, 0.3) is 0 Å². The van der Waals surface area contributed by atoms with Gasteiger partial charge in [-0.2, -0.15) is 0 Å². The molecule has 0 atom stereocenters. The van der Waals surface area contributed by atoms with Crippen molar-refractivity contribution in [2.75, 3.05) is 26.2 Å². The number of halogens is 2. The molecule has 2 nitrogen and oxygen atoms in total. The molecule has 0 spiro atoms. The van der Waals surface area contributed by atoms with Crippen LogP contribution < -0.4 is 10.6 Å². The number of hydrogen-bond acceptors (Lipinski definition) is 2. The van der Waals surface area contributed by atoms with Gasteiger partial charge in [-0.25, -0.2) is 0 Å². The van der Waals surface area contributed by atoms with Crippen LogP contribution in [0, 0.1) is 0 Å². The smallest absolute Gasteiger partial charge is 0.00772 e. The van der Waals surface area contributed by atoms with Crippen molar-refractivity contribution in [3.05, 3.63) is 0 Å². The minimum atomic E-state index is 0. The van der Waals surface area contributed by atoms with Gasteiger partial charge >= 0.3 is 0 Å². The molecule has 0 saturated carbocycles. The molecule has 1 rings (SSSR count). The van der Waals surface area contributed by atoms with Gasteiger partial charge in [0, 0.05) is 55.7 Å². The van der Waals surface area contributed by atoms with Crippen LogP contribution in [0.1, 0.15) is 0 Å². The van der Waals surface area contributed by atoms with Crippen LogP contribution in [0.5, 0.6) is 0 Å². The maximum absolute atomic E-state index is 3.22. The van der Waals surface area contributed by atoms with E-state index in [1.165, 1.54) is 0 Å². The van der Waals surface area contributed by atoms with Crippen LogP contribution >= 0.6 is 24.8 Å². The Balaban J connectivity index is -0.000000120. The van der Waals surface area contributed by atoms with Crippen molar-refractivity contribution >= 4 is 54.4 Å². The first-order valence-electron chi connectivity index (χ1n) is 2.41. The van der Waals surface area contributed by atoms with Crippen LogP contribution in [-0.4, -0.2) is 55.7 Å². The molecular formula is C4H12Cl2N2Na. The molecule has 1 radical (unpaired) electrons. The molecule has 0 amide bonds. The van der Waals surface area contributed by atoms with E-state index in [1.807, 2.05) is 0 Å². The van der Waals surface area contributed by atoms with E-state index in [-0.39, 0.29) is 54.4 Å². The van der Waals surface area contributed by atoms with E-state index in [0.717, 1.165) is 26.2 Å². The topological polar surface area (TPSA) is 24.1 Å². The van der Waals surface area contributed by atoms with Crippen LogP contribution in [0.3, 0.4) is 0 Å². The fourth-order valence-corrected chi connectivity index (χ4v) is 0.604. The molecule has 1 aliphatic heterocycles. The summed E-state index contributed by atoms with van der Waals surface area (Å²) in [5.74, 6) is 0. The predicted molar refractivity (Wildman–Crippen MR) is 46.0 cm³/mol. The Kier molecular flexibility index (Phi) is 22.8. The summed E-state index contributed by atoms with van der Waals surface area (Å²) < 4.78 is 0. The van der Waals surface area contributed by atoms with Crippen molar-refractivity contribution in [2.45, 2.75) is 0 Å². The van der Waals surface area contributed by atoms with Gasteiger partial charge in [0.2, 0.25) is 0 Å². The maximum Gasteiger partial charge on any atom is 0.00772 e. The maximum atomic E-state index is 3.22. The number of nitrogens with one attached hydrogen (secondary N) is 2. The Hall–Kier alpha value is 1.50. The molecule has 0 aromatic carbocycles. The van der Waals surface area contributed by atoms with Crippen LogP contribution in [0.4, 0.5) is 0 Å². The molecule has 1 aliphatic rings. The second-order valence-corrected chi connectivity index (χ2v) is 1.50. The van der Waals surface area contributed by atoms with Gasteiger partial charge in [-0.1, -0.05) is 0 Å². The van der Waals surface area contributed by atoms with Gasteiger partial charge in [0.05, 0.1) is 0 Å². The fraction of sp³-hybridized carbons (Fsp3) is 1.00. The summed E-state index contributed by atoms with van der Waals surface area (Å²) >= 11 is 0. The minimum Gasteiger partial charge on any atom is -0.314 e. The Morgan fingerprint density at radius 2 is 0.889 bits per heavy atom. The van der Waals surface area contributed by atoms with E-state index in [1.54, 1.807) is 0 Å². The van der Waals surface area contributed by atoms with E-state index in [9.17, 15) is 0 Å². The minimum absolute atomic E-state index is 0. The van der Waals surface area contributed by atoms with Crippen LogP contribution in [-0.2, 0) is 0 Å². The predicted octanol–water partition coefficient (Wildman–Crippen LogP) is -0.358. The second-order valence-electron chi connectivity index (χ2n) is 1.50. The van der Waals surface area contributed by atoms with E-state index < -0.39 is 0 Å². The van der Waals surface area contributed by atoms with Crippen molar-refractivity contribution in [2.24, 2.45) is 0 Å². The average molecular weight is 182 g/mol. The third-order valence-electron chi connectivity index (χ3n) is 0.957. The summed E-state index contributed by atoms with van der Waals surface area (Å²) in [6, 6.07) is 0. The zero-order valence-electron chi connectivity index (χ0n) is 5.64. The summed E-state index contributed by atoms with van der Waals surface area (Å²) in [4.78, 5) is 0. The van der Waals surface area contributed by atoms with Gasteiger partial charge < -0.3 is 10.6 Å². The van der Waals surface area contributed by atoms with Gasteiger partial charge in [-0.3, -0.25) is 0 Å². The third kappa shape index (κ3) is 9.50. The zero-order chi connectivity index (χ0) is 4.24. The van der Waals surface area contributed by atoms with Crippen molar-refractivity contribution < 1.29 is 0 Å². The summed E-state index contributed by atoms with van der Waals surface area (Å²) in [7, 11) is 0. The molecule has 0 aromatic heterocycles. The molecule has 0 unspecified atom stereocenters. The van der Waals surface area contributed by atoms with Gasteiger partial charge in [0.15, 0.2) is 0 Å². The van der Waals surface area contributed by atoms with E-state index in [4.69, 9.17) is 0 Å². The van der Waals surface area contributed by atoms with E-state index in [2.05, 4.69) is 10.6 Å². The molecule has 1 heterocycles. The van der Waals surface area contributed by atoms with E-state index >= 15 is 0 Å². The van der Waals surface area contributed by atoms with E-state index in [0.29, 0.717) is 0 Å². The summed E-state index contributed by atoms with van der Waals surface area (Å²) in [6.45, 7) is 4.56. The first-order valence-corrected chi connectivity index (χ1v) is 2.41. The van der Waals surface area contributed by atoms with Crippen molar-refractivity contribution in [3.8, 4) is 0 Å². The fourth-order valence-electron chi connectivity index (χ4n) is 0.604. The standard InChI is InChI=1S/C4H10N2.2ClH.Na/c1-2-6-4-3-5-1;;;/h5-6H,1-4H2;2*1H;. The molecule has 53 valence electrons. The second kappa shape index (κ2) is 12.2. The number of rotatable bonds is 0. The molecule has 1 saturated heterocycles. The molecular weight excluding hydrogens is 170 g/mol. The van der Waals surface area contributed by atoms with Crippen LogP contribution in [0.2, 0.25) is 0 Å². The molecule has 1 fully saturated rings. The molecule has 0 aliphatic carbocycles. The van der Waals surface area contributed by atoms with Crippen molar-refractivity contribution in [1.82, 2.24) is 10.6 Å². The van der Waals surface area contributed by atoms with Gasteiger partial charge in [-0.05, 0) is 0 Å². The number of piperazine rings is 1. The Bertz CT molecular complexity index is 32.0. The Morgan fingerprint density at radius 1 is 0.667 bits per heavy atom. The monoisotopic (exact) mass is 181 g/mol. The first-order chi connectivity index (χ1) is 3.00. The summed E-state index contributed by atoms with van der Waals surface area (Å²) in [5.41, 5.74) is 0. The molecule has 5 heteroatoms. The Morgan fingerprint density at radius 3 is 1.00 bits per heavy atom. The first kappa shape index (κ1) is 16.8. The van der Waals surface area contributed by atoms with Gasteiger partial charge in [-0.15, -0.1) is 24.8 Å². The number of hydrogen-bond donors (Lipinski definition) is 2. The Labute approximate surface area is 90.6 Å². The largest absolute Gasteiger partial charge is 0.314 e. The summed E-state index contributed by atoms with van der Waals surface area (Å²) in [5, 5.41) is 6.44. The zero-order valence-corrected chi connectivity index (χ0v) is 9.28. The summed E-state index contributed by atoms with van der Waals surface area (Å²) in [6.07, 6.45) is 0. The molecule has 0 bridgehead atoms. The van der Waals surface area contributed by atoms with Gasteiger partial charge in [0.25, 0.3) is 0 Å². The third-order valence-corrected chi connectivity index (χ3v) is 0.957. The van der Waals surface area contributed by atoms with Crippen LogP contribution in [0.15, 0.2) is 0 Å². The quantitative estimate of drug-likeness (QED) is 0.500. The van der Waals surface area contributed by atoms with Crippen molar-refractivity contribution in [3.63, 3.8) is 0 Å². The SMILES string of the molecule is C1CNCCN1.Cl.Cl.[Na]. The molecule has 2 N–H and O–H groups in total.